The highest BCUT2D eigenvalue weighted by atomic mass is 35.5. The Kier molecular flexibility index (Phi) is 4.33. The van der Waals surface area contributed by atoms with E-state index in [1.54, 1.807) is 30.5 Å². The molecule has 1 aromatic heterocycles. The molecule has 0 atom stereocenters. The molecule has 0 spiro atoms. The highest BCUT2D eigenvalue weighted by molar-refractivity contribution is 6.36. The average Bonchev–Trinajstić information content (AvgIpc) is 2.42. The average molecular weight is 307 g/mol. The Labute approximate surface area is 127 Å². The van der Waals surface area contributed by atoms with Crippen LogP contribution in [0.1, 0.15) is 11.1 Å². The largest absolute Gasteiger partial charge is 0.383 e. The predicted octanol–water partition coefficient (Wildman–Crippen LogP) is 3.48. The quantitative estimate of drug-likeness (QED) is 0.942. The fourth-order valence-electron chi connectivity index (χ4n) is 1.91. The van der Waals surface area contributed by atoms with E-state index < -0.39 is 0 Å². The number of benzene rings is 1. The monoisotopic (exact) mass is 306 g/mol. The summed E-state index contributed by atoms with van der Waals surface area (Å²) in [5.41, 5.74) is 7.55. The lowest BCUT2D eigenvalue weighted by Crippen LogP contribution is -2.19. The maximum Gasteiger partial charge on any atom is 0.143 e. The molecule has 20 heavy (non-hydrogen) atoms. The summed E-state index contributed by atoms with van der Waals surface area (Å²) in [7, 11) is 1.84. The number of aromatic nitrogens is 1. The van der Waals surface area contributed by atoms with Crippen LogP contribution in [0, 0.1) is 11.3 Å². The van der Waals surface area contributed by atoms with Crippen molar-refractivity contribution < 1.29 is 0 Å². The van der Waals surface area contributed by atoms with Crippen LogP contribution >= 0.6 is 23.2 Å². The summed E-state index contributed by atoms with van der Waals surface area (Å²) in [6.07, 6.45) is 1.57. The molecule has 0 amide bonds. The van der Waals surface area contributed by atoms with Gasteiger partial charge in [-0.3, -0.25) is 0 Å². The predicted molar refractivity (Wildman–Crippen MR) is 81.9 cm³/mol. The zero-order chi connectivity index (χ0) is 14.7. The molecule has 2 N–H and O–H groups in total. The van der Waals surface area contributed by atoms with Crippen LogP contribution in [-0.4, -0.2) is 12.0 Å². The number of hydrogen-bond acceptors (Lipinski definition) is 4. The Morgan fingerprint density at radius 1 is 1.30 bits per heavy atom. The number of nitrogens with two attached hydrogens (primary N) is 1. The molecule has 0 unspecified atom stereocenters. The molecule has 0 aliphatic heterocycles. The first-order valence-corrected chi connectivity index (χ1v) is 6.58. The third-order valence-electron chi connectivity index (χ3n) is 2.94. The Morgan fingerprint density at radius 2 is 1.95 bits per heavy atom. The standard InChI is InChI=1S/C14H12Cl2N4/c1-20(8-10-11(15)3-2-4-12(10)16)13-5-6-19-14(18)9(13)7-17/h2-6H,8H2,1H3,(H2,18,19). The molecule has 0 fully saturated rings. The van der Waals surface area contributed by atoms with Gasteiger partial charge in [-0.05, 0) is 18.2 Å². The van der Waals surface area contributed by atoms with Crippen LogP contribution in [-0.2, 0) is 6.54 Å². The Balaban J connectivity index is 2.37. The van der Waals surface area contributed by atoms with Crippen molar-refractivity contribution in [3.8, 4) is 6.07 Å². The molecule has 0 saturated heterocycles. The maximum absolute atomic E-state index is 9.17. The highest BCUT2D eigenvalue weighted by Gasteiger charge is 2.14. The van der Waals surface area contributed by atoms with Gasteiger partial charge in [0.15, 0.2) is 0 Å². The second kappa shape index (κ2) is 6.00. The lowest BCUT2D eigenvalue weighted by molar-refractivity contribution is 0.919. The van der Waals surface area contributed by atoms with Crippen LogP contribution in [0.15, 0.2) is 30.5 Å². The fourth-order valence-corrected chi connectivity index (χ4v) is 2.42. The number of nitrogen functional groups attached to an aromatic ring is 1. The van der Waals surface area contributed by atoms with Crippen LogP contribution < -0.4 is 10.6 Å². The molecule has 0 saturated carbocycles. The number of pyridine rings is 1. The van der Waals surface area contributed by atoms with Crippen molar-refractivity contribution in [2.45, 2.75) is 6.54 Å². The lowest BCUT2D eigenvalue weighted by Gasteiger charge is -2.22. The van der Waals surface area contributed by atoms with Gasteiger partial charge in [-0.1, -0.05) is 29.3 Å². The molecular formula is C14H12Cl2N4. The van der Waals surface area contributed by atoms with Crippen LogP contribution in [0.2, 0.25) is 10.0 Å². The van der Waals surface area contributed by atoms with Crippen molar-refractivity contribution >= 4 is 34.7 Å². The zero-order valence-corrected chi connectivity index (χ0v) is 12.3. The van der Waals surface area contributed by atoms with E-state index >= 15 is 0 Å². The second-order valence-electron chi connectivity index (χ2n) is 4.26. The second-order valence-corrected chi connectivity index (χ2v) is 5.07. The minimum Gasteiger partial charge on any atom is -0.383 e. The molecule has 6 heteroatoms. The van der Waals surface area contributed by atoms with E-state index in [0.717, 1.165) is 5.56 Å². The molecule has 0 aliphatic rings. The fraction of sp³-hybridized carbons (Fsp3) is 0.143. The van der Waals surface area contributed by atoms with Crippen molar-refractivity contribution in [3.05, 3.63) is 51.6 Å². The van der Waals surface area contributed by atoms with Gasteiger partial charge in [0.25, 0.3) is 0 Å². The third kappa shape index (κ3) is 2.79. The smallest absolute Gasteiger partial charge is 0.143 e. The molecule has 2 rings (SSSR count). The highest BCUT2D eigenvalue weighted by Crippen LogP contribution is 2.29. The van der Waals surface area contributed by atoms with Crippen molar-refractivity contribution in [1.29, 1.82) is 5.26 Å². The molecule has 4 nitrogen and oxygen atoms in total. The minimum atomic E-state index is 0.210. The van der Waals surface area contributed by atoms with E-state index in [1.165, 1.54) is 0 Å². The van der Waals surface area contributed by atoms with E-state index in [0.29, 0.717) is 27.8 Å². The van der Waals surface area contributed by atoms with Gasteiger partial charge in [0.1, 0.15) is 17.5 Å². The summed E-state index contributed by atoms with van der Waals surface area (Å²) < 4.78 is 0. The van der Waals surface area contributed by atoms with E-state index in [9.17, 15) is 5.26 Å². The van der Waals surface area contributed by atoms with E-state index in [1.807, 2.05) is 11.9 Å². The van der Waals surface area contributed by atoms with E-state index in [-0.39, 0.29) is 5.82 Å². The van der Waals surface area contributed by atoms with Gasteiger partial charge in [0.05, 0.1) is 5.69 Å². The van der Waals surface area contributed by atoms with Gasteiger partial charge in [0, 0.05) is 35.4 Å². The zero-order valence-electron chi connectivity index (χ0n) is 10.8. The first-order chi connectivity index (χ1) is 9.54. The van der Waals surface area contributed by atoms with Crippen LogP contribution in [0.4, 0.5) is 11.5 Å². The first kappa shape index (κ1) is 14.4. The number of nitriles is 1. The first-order valence-electron chi connectivity index (χ1n) is 5.83. The normalized spacial score (nSPS) is 10.1. The van der Waals surface area contributed by atoms with Crippen molar-refractivity contribution in [1.82, 2.24) is 4.98 Å². The Morgan fingerprint density at radius 3 is 2.55 bits per heavy atom. The van der Waals surface area contributed by atoms with Gasteiger partial charge >= 0.3 is 0 Å². The molecule has 0 radical (unpaired) electrons. The van der Waals surface area contributed by atoms with Gasteiger partial charge in [-0.25, -0.2) is 4.98 Å². The van der Waals surface area contributed by atoms with E-state index in [2.05, 4.69) is 11.1 Å². The van der Waals surface area contributed by atoms with Crippen molar-refractivity contribution in [3.63, 3.8) is 0 Å². The maximum atomic E-state index is 9.17. The van der Waals surface area contributed by atoms with Crippen LogP contribution in [0.5, 0.6) is 0 Å². The molecule has 2 aromatic rings. The summed E-state index contributed by atoms with van der Waals surface area (Å²) in [4.78, 5) is 5.78. The summed E-state index contributed by atoms with van der Waals surface area (Å²) in [5.74, 6) is 0.210. The number of nitrogens with zero attached hydrogens (tertiary/aromatic N) is 3. The van der Waals surface area contributed by atoms with Crippen LogP contribution in [0.25, 0.3) is 0 Å². The van der Waals surface area contributed by atoms with Crippen molar-refractivity contribution in [2.24, 2.45) is 0 Å². The van der Waals surface area contributed by atoms with Gasteiger partial charge in [-0.15, -0.1) is 0 Å². The summed E-state index contributed by atoms with van der Waals surface area (Å²) >= 11 is 12.3. The number of rotatable bonds is 3. The van der Waals surface area contributed by atoms with Gasteiger partial charge < -0.3 is 10.6 Å². The SMILES string of the molecule is CN(Cc1c(Cl)cccc1Cl)c1ccnc(N)c1C#N. The lowest BCUT2D eigenvalue weighted by atomic mass is 10.1. The summed E-state index contributed by atoms with van der Waals surface area (Å²) in [6, 6.07) is 9.15. The number of halogens is 2. The number of anilines is 2. The molecule has 102 valence electrons. The number of hydrogen-bond donors (Lipinski definition) is 1. The van der Waals surface area contributed by atoms with Crippen LogP contribution in [0.3, 0.4) is 0 Å². The minimum absolute atomic E-state index is 0.210. The summed E-state index contributed by atoms with van der Waals surface area (Å²) in [6.45, 7) is 0.469. The Bertz CT molecular complexity index is 659. The molecular weight excluding hydrogens is 295 g/mol. The molecule has 1 aromatic carbocycles. The summed E-state index contributed by atoms with van der Waals surface area (Å²) in [5, 5.41) is 10.4. The van der Waals surface area contributed by atoms with Crippen molar-refractivity contribution in [2.75, 3.05) is 17.7 Å². The molecule has 0 aliphatic carbocycles. The van der Waals surface area contributed by atoms with E-state index in [4.69, 9.17) is 28.9 Å². The molecule has 1 heterocycles. The topological polar surface area (TPSA) is 65.9 Å². The van der Waals surface area contributed by atoms with Gasteiger partial charge in [0.2, 0.25) is 0 Å². The Hall–Kier alpha value is -1.96. The molecule has 0 bridgehead atoms. The van der Waals surface area contributed by atoms with Gasteiger partial charge in [-0.2, -0.15) is 5.26 Å². The third-order valence-corrected chi connectivity index (χ3v) is 3.65.